The van der Waals surface area contributed by atoms with E-state index in [9.17, 15) is 0 Å². The van der Waals surface area contributed by atoms with E-state index in [1.165, 1.54) is 24.8 Å². The first-order chi connectivity index (χ1) is 11.8. The van der Waals surface area contributed by atoms with Gasteiger partial charge >= 0.3 is 0 Å². The van der Waals surface area contributed by atoms with Gasteiger partial charge in [-0.05, 0) is 30.7 Å². The Hall–Kier alpha value is -1.59. The Labute approximate surface area is 146 Å². The number of guanidine groups is 1. The maximum absolute atomic E-state index is 5.48. The van der Waals surface area contributed by atoms with Crippen LogP contribution in [-0.4, -0.2) is 64.5 Å². The molecule has 1 aliphatic heterocycles. The fourth-order valence-electron chi connectivity index (χ4n) is 3.11. The minimum Gasteiger partial charge on any atom is -0.382 e. The topological polar surface area (TPSA) is 46.1 Å². The number of ether oxygens (including phenoxy) is 2. The van der Waals surface area contributed by atoms with Crippen molar-refractivity contribution in [3.63, 3.8) is 0 Å². The Bertz CT molecular complexity index is 471. The van der Waals surface area contributed by atoms with E-state index in [-0.39, 0.29) is 0 Å². The maximum atomic E-state index is 5.48. The molecular weight excluding hydrogens is 302 g/mol. The van der Waals surface area contributed by atoms with Gasteiger partial charge in [0.1, 0.15) is 0 Å². The highest BCUT2D eigenvalue weighted by molar-refractivity contribution is 5.79. The Kier molecular flexibility index (Phi) is 8.63. The average Bonchev–Trinajstić information content (AvgIpc) is 2.63. The molecule has 5 nitrogen and oxygen atoms in total. The summed E-state index contributed by atoms with van der Waals surface area (Å²) in [7, 11) is 3.54. The van der Waals surface area contributed by atoms with Crippen LogP contribution in [0.15, 0.2) is 35.3 Å². The van der Waals surface area contributed by atoms with Gasteiger partial charge in [0.15, 0.2) is 5.96 Å². The highest BCUT2D eigenvalue weighted by Crippen LogP contribution is 2.21. The van der Waals surface area contributed by atoms with Crippen molar-refractivity contribution < 1.29 is 9.47 Å². The minimum absolute atomic E-state index is 0.641. The number of rotatable bonds is 8. The summed E-state index contributed by atoms with van der Waals surface area (Å²) in [5, 5.41) is 3.39. The number of hydrogen-bond acceptors (Lipinski definition) is 3. The Morgan fingerprint density at radius 2 is 1.92 bits per heavy atom. The molecule has 0 amide bonds. The molecule has 1 aromatic carbocycles. The van der Waals surface area contributed by atoms with Crippen LogP contribution < -0.4 is 5.32 Å². The third-order valence-electron chi connectivity index (χ3n) is 4.45. The molecule has 5 heteroatoms. The number of benzene rings is 1. The van der Waals surface area contributed by atoms with Gasteiger partial charge in [0, 0.05) is 33.8 Å². The smallest absolute Gasteiger partial charge is 0.193 e. The number of hydrogen-bond donors (Lipinski definition) is 1. The Balaban J connectivity index is 1.66. The third kappa shape index (κ3) is 6.49. The van der Waals surface area contributed by atoms with Crippen LogP contribution in [0, 0.1) is 5.92 Å². The van der Waals surface area contributed by atoms with Gasteiger partial charge in [0.2, 0.25) is 0 Å². The molecule has 0 aliphatic carbocycles. The second-order valence-electron chi connectivity index (χ2n) is 6.20. The van der Waals surface area contributed by atoms with Crippen molar-refractivity contribution in [2.75, 3.05) is 53.6 Å². The third-order valence-corrected chi connectivity index (χ3v) is 4.45. The molecule has 2 rings (SSSR count). The fourth-order valence-corrected chi connectivity index (χ4v) is 3.11. The summed E-state index contributed by atoms with van der Waals surface area (Å²) < 4.78 is 10.4. The largest absolute Gasteiger partial charge is 0.382 e. The van der Waals surface area contributed by atoms with Crippen LogP contribution in [0.4, 0.5) is 0 Å². The summed E-state index contributed by atoms with van der Waals surface area (Å²) in [5.41, 5.74) is 1.45. The summed E-state index contributed by atoms with van der Waals surface area (Å²) in [5.74, 6) is 1.77. The first kappa shape index (κ1) is 18.7. The second-order valence-corrected chi connectivity index (χ2v) is 6.20. The lowest BCUT2D eigenvalue weighted by molar-refractivity contribution is 0.0730. The van der Waals surface area contributed by atoms with Gasteiger partial charge in [-0.2, -0.15) is 0 Å². The summed E-state index contributed by atoms with van der Waals surface area (Å²) >= 11 is 0. The molecule has 0 atom stereocenters. The van der Waals surface area contributed by atoms with Gasteiger partial charge in [-0.3, -0.25) is 4.99 Å². The van der Waals surface area contributed by atoms with E-state index < -0.39 is 0 Å². The molecule has 0 spiro atoms. The number of piperidine rings is 1. The summed E-state index contributed by atoms with van der Waals surface area (Å²) in [6, 6.07) is 10.8. The van der Waals surface area contributed by atoms with Gasteiger partial charge < -0.3 is 19.7 Å². The fraction of sp³-hybridized carbons (Fsp3) is 0.632. The van der Waals surface area contributed by atoms with Gasteiger partial charge in [0.25, 0.3) is 0 Å². The molecule has 0 saturated carbocycles. The number of aliphatic imine (C=N–C) groups is 1. The lowest BCUT2D eigenvalue weighted by Crippen LogP contribution is -2.46. The molecule has 1 saturated heterocycles. The van der Waals surface area contributed by atoms with Crippen LogP contribution in [0.5, 0.6) is 0 Å². The van der Waals surface area contributed by atoms with Crippen molar-refractivity contribution in [1.82, 2.24) is 10.2 Å². The zero-order chi connectivity index (χ0) is 17.0. The molecule has 0 radical (unpaired) electrons. The van der Waals surface area contributed by atoms with E-state index in [0.29, 0.717) is 19.8 Å². The molecule has 1 aromatic rings. The molecular formula is C19H31N3O2. The van der Waals surface area contributed by atoms with Crippen LogP contribution >= 0.6 is 0 Å². The monoisotopic (exact) mass is 333 g/mol. The first-order valence-corrected chi connectivity index (χ1v) is 8.89. The van der Waals surface area contributed by atoms with E-state index >= 15 is 0 Å². The summed E-state index contributed by atoms with van der Waals surface area (Å²) in [6.45, 7) is 4.88. The van der Waals surface area contributed by atoms with E-state index in [0.717, 1.165) is 31.5 Å². The first-order valence-electron chi connectivity index (χ1n) is 8.89. The van der Waals surface area contributed by atoms with E-state index in [1.54, 1.807) is 7.11 Å². The predicted octanol–water partition coefficient (Wildman–Crippen LogP) is 2.18. The maximum Gasteiger partial charge on any atom is 0.193 e. The highest BCUT2D eigenvalue weighted by atomic mass is 16.5. The number of nitrogens with zero attached hydrogens (tertiary/aromatic N) is 2. The zero-order valence-electron chi connectivity index (χ0n) is 15.0. The SMILES string of the molecule is CN=C(NCCOCCOC)N1CCC(Cc2ccccc2)CC1. The predicted molar refractivity (Wildman–Crippen MR) is 98.5 cm³/mol. The van der Waals surface area contributed by atoms with Crippen molar-refractivity contribution >= 4 is 5.96 Å². The van der Waals surface area contributed by atoms with Crippen molar-refractivity contribution in [1.29, 1.82) is 0 Å². The van der Waals surface area contributed by atoms with E-state index in [2.05, 4.69) is 45.5 Å². The van der Waals surface area contributed by atoms with E-state index in [4.69, 9.17) is 9.47 Å². The lowest BCUT2D eigenvalue weighted by atomic mass is 9.90. The summed E-state index contributed by atoms with van der Waals surface area (Å²) in [4.78, 5) is 6.76. The zero-order valence-corrected chi connectivity index (χ0v) is 15.0. The van der Waals surface area contributed by atoms with Gasteiger partial charge in [-0.25, -0.2) is 0 Å². The van der Waals surface area contributed by atoms with Crippen LogP contribution in [0.25, 0.3) is 0 Å². The number of nitrogens with one attached hydrogen (secondary N) is 1. The number of likely N-dealkylation sites (tertiary alicyclic amines) is 1. The standard InChI is InChI=1S/C19H31N3O2/c1-20-19(21-10-13-24-15-14-23-2)22-11-8-18(9-12-22)16-17-6-4-3-5-7-17/h3-7,18H,8-16H2,1-2H3,(H,20,21). The molecule has 1 aliphatic rings. The van der Waals surface area contributed by atoms with Crippen LogP contribution in [0.2, 0.25) is 0 Å². The second kappa shape index (κ2) is 11.0. The van der Waals surface area contributed by atoms with Crippen LogP contribution in [-0.2, 0) is 15.9 Å². The Morgan fingerprint density at radius 3 is 2.58 bits per heavy atom. The van der Waals surface area contributed by atoms with Crippen molar-refractivity contribution in [3.05, 3.63) is 35.9 Å². The molecule has 0 unspecified atom stereocenters. The van der Waals surface area contributed by atoms with Crippen LogP contribution in [0.1, 0.15) is 18.4 Å². The minimum atomic E-state index is 0.641. The quantitative estimate of drug-likeness (QED) is 0.450. The highest BCUT2D eigenvalue weighted by Gasteiger charge is 2.21. The van der Waals surface area contributed by atoms with Crippen molar-refractivity contribution in [3.8, 4) is 0 Å². The van der Waals surface area contributed by atoms with E-state index in [1.807, 2.05) is 7.05 Å². The van der Waals surface area contributed by atoms with Gasteiger partial charge in [-0.1, -0.05) is 30.3 Å². The van der Waals surface area contributed by atoms with Gasteiger partial charge in [-0.15, -0.1) is 0 Å². The number of methoxy groups -OCH3 is 1. The Morgan fingerprint density at radius 1 is 1.17 bits per heavy atom. The molecule has 1 fully saturated rings. The average molecular weight is 333 g/mol. The molecule has 1 heterocycles. The normalized spacial score (nSPS) is 16.4. The summed E-state index contributed by atoms with van der Waals surface area (Å²) in [6.07, 6.45) is 3.63. The molecule has 0 bridgehead atoms. The lowest BCUT2D eigenvalue weighted by Gasteiger charge is -2.34. The van der Waals surface area contributed by atoms with Crippen LogP contribution in [0.3, 0.4) is 0 Å². The molecule has 134 valence electrons. The van der Waals surface area contributed by atoms with Crippen molar-refractivity contribution in [2.24, 2.45) is 10.9 Å². The molecule has 24 heavy (non-hydrogen) atoms. The molecule has 1 N–H and O–H groups in total. The molecule has 0 aromatic heterocycles. The van der Waals surface area contributed by atoms with Gasteiger partial charge in [0.05, 0.1) is 19.8 Å². The van der Waals surface area contributed by atoms with Crippen molar-refractivity contribution in [2.45, 2.75) is 19.3 Å².